The fraction of sp³-hybridized carbons (Fsp3) is 0.353. The number of hydrogen-bond acceptors (Lipinski definition) is 4. The molecule has 0 spiro atoms. The summed E-state index contributed by atoms with van der Waals surface area (Å²) in [4.78, 5) is 28.0. The molecular weight excluding hydrogens is 324 g/mol. The van der Waals surface area contributed by atoms with Crippen molar-refractivity contribution < 1.29 is 9.59 Å². The fourth-order valence-electron chi connectivity index (χ4n) is 2.19. The largest absolute Gasteiger partial charge is 0.351 e. The van der Waals surface area contributed by atoms with Crippen molar-refractivity contribution >= 4 is 29.3 Å². The summed E-state index contributed by atoms with van der Waals surface area (Å²) in [6.45, 7) is 0.566. The number of hydrogen-bond donors (Lipinski definition) is 2. The number of aromatic nitrogens is 2. The third kappa shape index (κ3) is 4.38. The van der Waals surface area contributed by atoms with Gasteiger partial charge in [0.05, 0.1) is 0 Å². The van der Waals surface area contributed by atoms with Gasteiger partial charge < -0.3 is 15.2 Å². The normalized spacial score (nSPS) is 13.5. The summed E-state index contributed by atoms with van der Waals surface area (Å²) in [7, 11) is 1.94. The first-order valence-electron chi connectivity index (χ1n) is 7.93. The van der Waals surface area contributed by atoms with E-state index in [1.54, 1.807) is 42.2 Å². The minimum atomic E-state index is -0.115. The van der Waals surface area contributed by atoms with E-state index >= 15 is 0 Å². The molecule has 0 unspecified atom stereocenters. The van der Waals surface area contributed by atoms with Crippen LogP contribution in [0, 0.1) is 5.92 Å². The molecule has 1 saturated carbocycles. The number of nitrogens with one attached hydrogen (secondary N) is 2. The van der Waals surface area contributed by atoms with Crippen molar-refractivity contribution in [2.45, 2.75) is 18.0 Å². The van der Waals surface area contributed by atoms with Gasteiger partial charge in [-0.2, -0.15) is 0 Å². The van der Waals surface area contributed by atoms with Crippen LogP contribution in [0.3, 0.4) is 0 Å². The number of aryl methyl sites for hydroxylation is 1. The molecule has 0 aliphatic heterocycles. The van der Waals surface area contributed by atoms with Gasteiger partial charge >= 0.3 is 0 Å². The van der Waals surface area contributed by atoms with Crippen LogP contribution >= 0.6 is 11.8 Å². The van der Waals surface area contributed by atoms with Crippen LogP contribution in [0.4, 0.5) is 5.69 Å². The predicted octanol–water partition coefficient (Wildman–Crippen LogP) is 2.29. The molecule has 0 atom stereocenters. The quantitative estimate of drug-likeness (QED) is 0.597. The van der Waals surface area contributed by atoms with Crippen LogP contribution < -0.4 is 10.6 Å². The van der Waals surface area contributed by atoms with Crippen molar-refractivity contribution in [1.82, 2.24) is 14.9 Å². The lowest BCUT2D eigenvalue weighted by molar-refractivity contribution is -0.117. The molecule has 1 heterocycles. The SMILES string of the molecule is Cn1ccnc1SCCNC(=O)c1ccc(NC(=O)C2CC2)cc1. The van der Waals surface area contributed by atoms with Crippen LogP contribution in [0.25, 0.3) is 0 Å². The lowest BCUT2D eigenvalue weighted by Crippen LogP contribution is -2.25. The van der Waals surface area contributed by atoms with E-state index in [2.05, 4.69) is 15.6 Å². The molecule has 2 aromatic rings. The molecular formula is C17H20N4O2S. The zero-order chi connectivity index (χ0) is 16.9. The van der Waals surface area contributed by atoms with Gasteiger partial charge in [-0.1, -0.05) is 11.8 Å². The van der Waals surface area contributed by atoms with Crippen LogP contribution in [-0.2, 0) is 11.8 Å². The maximum atomic E-state index is 12.1. The Balaban J connectivity index is 1.42. The summed E-state index contributed by atoms with van der Waals surface area (Å²) in [5, 5.41) is 6.68. The van der Waals surface area contributed by atoms with E-state index in [9.17, 15) is 9.59 Å². The highest BCUT2D eigenvalue weighted by molar-refractivity contribution is 7.99. The summed E-state index contributed by atoms with van der Waals surface area (Å²) in [6, 6.07) is 6.98. The third-order valence-electron chi connectivity index (χ3n) is 3.76. The summed E-state index contributed by atoms with van der Waals surface area (Å²) in [6.07, 6.45) is 5.60. The van der Waals surface area contributed by atoms with Crippen molar-refractivity contribution in [1.29, 1.82) is 0 Å². The second-order valence-electron chi connectivity index (χ2n) is 5.77. The van der Waals surface area contributed by atoms with E-state index in [-0.39, 0.29) is 17.7 Å². The van der Waals surface area contributed by atoms with Crippen molar-refractivity contribution in [2.24, 2.45) is 13.0 Å². The Kier molecular flexibility index (Phi) is 5.20. The predicted molar refractivity (Wildman–Crippen MR) is 94.1 cm³/mol. The minimum absolute atomic E-state index is 0.0681. The maximum Gasteiger partial charge on any atom is 0.251 e. The molecule has 24 heavy (non-hydrogen) atoms. The van der Waals surface area contributed by atoms with Crippen LogP contribution in [0.1, 0.15) is 23.2 Å². The monoisotopic (exact) mass is 344 g/mol. The standard InChI is InChI=1S/C17H20N4O2S/c1-21-10-8-19-17(21)24-11-9-18-15(22)12-4-6-14(7-5-12)20-16(23)13-2-3-13/h4-8,10,13H,2-3,9,11H2,1H3,(H,18,22)(H,20,23). The van der Waals surface area contributed by atoms with E-state index < -0.39 is 0 Å². The molecule has 1 fully saturated rings. The lowest BCUT2D eigenvalue weighted by atomic mass is 10.2. The molecule has 3 rings (SSSR count). The zero-order valence-electron chi connectivity index (χ0n) is 13.5. The van der Waals surface area contributed by atoms with E-state index in [0.29, 0.717) is 12.1 Å². The first-order valence-corrected chi connectivity index (χ1v) is 8.91. The van der Waals surface area contributed by atoms with Gasteiger partial charge in [-0.15, -0.1) is 0 Å². The number of nitrogens with zero attached hydrogens (tertiary/aromatic N) is 2. The molecule has 1 aliphatic carbocycles. The van der Waals surface area contributed by atoms with Gasteiger partial charge in [-0.25, -0.2) is 4.98 Å². The summed E-state index contributed by atoms with van der Waals surface area (Å²) in [5.74, 6) is 0.879. The summed E-state index contributed by atoms with van der Waals surface area (Å²) in [5.41, 5.74) is 1.32. The molecule has 2 N–H and O–H groups in total. The highest BCUT2D eigenvalue weighted by Crippen LogP contribution is 2.30. The number of thioether (sulfide) groups is 1. The van der Waals surface area contributed by atoms with Gasteiger partial charge in [-0.05, 0) is 37.1 Å². The van der Waals surface area contributed by atoms with Crippen LogP contribution in [0.15, 0.2) is 41.8 Å². The highest BCUT2D eigenvalue weighted by Gasteiger charge is 2.29. The van der Waals surface area contributed by atoms with Crippen molar-refractivity contribution in [3.63, 3.8) is 0 Å². The fourth-order valence-corrected chi connectivity index (χ4v) is 2.98. The van der Waals surface area contributed by atoms with E-state index in [1.807, 2.05) is 17.8 Å². The van der Waals surface area contributed by atoms with E-state index in [4.69, 9.17) is 0 Å². The first kappa shape index (κ1) is 16.6. The average molecular weight is 344 g/mol. The van der Waals surface area contributed by atoms with Gasteiger partial charge in [0.15, 0.2) is 5.16 Å². The van der Waals surface area contributed by atoms with Crippen molar-refractivity contribution in [2.75, 3.05) is 17.6 Å². The number of imidazole rings is 1. The summed E-state index contributed by atoms with van der Waals surface area (Å²) >= 11 is 1.60. The molecule has 7 heteroatoms. The van der Waals surface area contributed by atoms with Crippen LogP contribution in [0.2, 0.25) is 0 Å². The number of rotatable bonds is 7. The molecule has 0 bridgehead atoms. The second-order valence-corrected chi connectivity index (χ2v) is 6.83. The summed E-state index contributed by atoms with van der Waals surface area (Å²) < 4.78 is 1.95. The second kappa shape index (κ2) is 7.53. The number of benzene rings is 1. The Labute approximate surface area is 145 Å². The Bertz CT molecular complexity index is 722. The van der Waals surface area contributed by atoms with Crippen molar-refractivity contribution in [3.05, 3.63) is 42.2 Å². The Morgan fingerprint density at radius 3 is 2.67 bits per heavy atom. The first-order chi connectivity index (χ1) is 11.6. The molecule has 1 aliphatic rings. The van der Waals surface area contributed by atoms with Gasteiger partial charge in [-0.3, -0.25) is 9.59 Å². The Morgan fingerprint density at radius 2 is 2.04 bits per heavy atom. The number of anilines is 1. The minimum Gasteiger partial charge on any atom is -0.351 e. The zero-order valence-corrected chi connectivity index (χ0v) is 14.3. The highest BCUT2D eigenvalue weighted by atomic mass is 32.2. The Morgan fingerprint density at radius 1 is 1.29 bits per heavy atom. The molecule has 0 radical (unpaired) electrons. The molecule has 126 valence electrons. The van der Waals surface area contributed by atoms with Gasteiger partial charge in [0, 0.05) is 48.9 Å². The van der Waals surface area contributed by atoms with Gasteiger partial charge in [0.1, 0.15) is 0 Å². The van der Waals surface area contributed by atoms with Gasteiger partial charge in [0.2, 0.25) is 5.91 Å². The van der Waals surface area contributed by atoms with Crippen LogP contribution in [0.5, 0.6) is 0 Å². The molecule has 2 amide bonds. The topological polar surface area (TPSA) is 76.0 Å². The number of carbonyl (C=O) groups is 2. The number of carbonyl (C=O) groups excluding carboxylic acids is 2. The lowest BCUT2D eigenvalue weighted by Gasteiger charge is -2.07. The third-order valence-corrected chi connectivity index (χ3v) is 4.82. The number of amides is 2. The van der Waals surface area contributed by atoms with Crippen LogP contribution in [-0.4, -0.2) is 33.7 Å². The molecule has 0 saturated heterocycles. The van der Waals surface area contributed by atoms with Gasteiger partial charge in [0.25, 0.3) is 5.91 Å². The maximum absolute atomic E-state index is 12.1. The molecule has 1 aromatic heterocycles. The van der Waals surface area contributed by atoms with Crippen molar-refractivity contribution in [3.8, 4) is 0 Å². The molecule has 6 nitrogen and oxygen atoms in total. The molecule has 1 aromatic carbocycles. The smallest absolute Gasteiger partial charge is 0.251 e. The van der Waals surface area contributed by atoms with E-state index in [0.717, 1.165) is 29.4 Å². The Hall–Kier alpha value is -2.28. The average Bonchev–Trinajstić information content (AvgIpc) is 3.36. The van der Waals surface area contributed by atoms with E-state index in [1.165, 1.54) is 0 Å².